The van der Waals surface area contributed by atoms with Gasteiger partial charge in [-0.2, -0.15) is 0 Å². The smallest absolute Gasteiger partial charge is 0.348 e. The highest BCUT2D eigenvalue weighted by Crippen LogP contribution is 2.23. The number of aryl methyl sites for hydroxylation is 1. The summed E-state index contributed by atoms with van der Waals surface area (Å²) in [6.45, 7) is 5.11. The predicted octanol–water partition coefficient (Wildman–Crippen LogP) is 1.83. The highest BCUT2D eigenvalue weighted by Gasteiger charge is 2.11. The van der Waals surface area contributed by atoms with Gasteiger partial charge in [-0.3, -0.25) is 0 Å². The summed E-state index contributed by atoms with van der Waals surface area (Å²) >= 11 is 1.35. The van der Waals surface area contributed by atoms with E-state index in [-0.39, 0.29) is 12.6 Å². The summed E-state index contributed by atoms with van der Waals surface area (Å²) in [6, 6.07) is 1.64. The topological polar surface area (TPSA) is 61.5 Å². The first-order chi connectivity index (χ1) is 7.15. The molecule has 1 heterocycles. The van der Waals surface area contributed by atoms with Gasteiger partial charge in [0, 0.05) is 17.2 Å². The van der Waals surface area contributed by atoms with Crippen LogP contribution in [0.2, 0.25) is 0 Å². The number of nitrogens with two attached hydrogens (primary N) is 1. The van der Waals surface area contributed by atoms with E-state index in [0.717, 1.165) is 4.88 Å². The minimum atomic E-state index is -0.334. The summed E-state index contributed by atoms with van der Waals surface area (Å²) in [5, 5.41) is 0. The predicted molar refractivity (Wildman–Crippen MR) is 60.2 cm³/mol. The maximum Gasteiger partial charge on any atom is 0.348 e. The van der Waals surface area contributed by atoms with Crippen LogP contribution in [0.5, 0.6) is 0 Å². The maximum absolute atomic E-state index is 11.5. The zero-order valence-corrected chi connectivity index (χ0v) is 9.73. The number of ether oxygens (including phenoxy) is 2. The Hall–Kier alpha value is -1.07. The third-order valence-electron chi connectivity index (χ3n) is 1.82. The van der Waals surface area contributed by atoms with Gasteiger partial charge in [-0.15, -0.1) is 11.3 Å². The number of hydrogen-bond acceptors (Lipinski definition) is 5. The molecule has 0 spiro atoms. The summed E-state index contributed by atoms with van der Waals surface area (Å²) < 4.78 is 10.0. The molecule has 5 heteroatoms. The van der Waals surface area contributed by atoms with Crippen molar-refractivity contribution in [3.63, 3.8) is 0 Å². The monoisotopic (exact) mass is 229 g/mol. The average Bonchev–Trinajstić information content (AvgIpc) is 2.54. The summed E-state index contributed by atoms with van der Waals surface area (Å²) in [5.74, 6) is -0.334. The van der Waals surface area contributed by atoms with Crippen LogP contribution in [0.4, 0.5) is 5.69 Å². The van der Waals surface area contributed by atoms with Crippen molar-refractivity contribution < 1.29 is 14.3 Å². The van der Waals surface area contributed by atoms with Crippen LogP contribution in [0.25, 0.3) is 0 Å². The molecule has 0 bridgehead atoms. The number of nitrogen functional groups attached to an aromatic ring is 1. The first-order valence-corrected chi connectivity index (χ1v) is 5.57. The van der Waals surface area contributed by atoms with E-state index in [4.69, 9.17) is 15.2 Å². The number of anilines is 1. The molecule has 1 aromatic heterocycles. The Bertz CT molecular complexity index is 316. The van der Waals surface area contributed by atoms with Crippen molar-refractivity contribution in [2.75, 3.05) is 25.6 Å². The van der Waals surface area contributed by atoms with Crippen molar-refractivity contribution in [3.8, 4) is 0 Å². The molecule has 4 nitrogen and oxygen atoms in total. The maximum atomic E-state index is 11.5. The fourth-order valence-electron chi connectivity index (χ4n) is 1.01. The fourth-order valence-corrected chi connectivity index (χ4v) is 1.84. The molecule has 0 amide bonds. The number of thiophene rings is 1. The minimum absolute atomic E-state index is 0.281. The Labute approximate surface area is 93.0 Å². The molecule has 1 aromatic rings. The Morgan fingerprint density at radius 2 is 2.27 bits per heavy atom. The molecular weight excluding hydrogens is 214 g/mol. The molecule has 0 radical (unpaired) electrons. The van der Waals surface area contributed by atoms with Gasteiger partial charge in [0.15, 0.2) is 0 Å². The molecule has 0 saturated heterocycles. The van der Waals surface area contributed by atoms with Gasteiger partial charge in [0.05, 0.1) is 6.61 Å². The van der Waals surface area contributed by atoms with E-state index in [1.807, 2.05) is 13.8 Å². The molecule has 0 saturated carbocycles. The molecule has 15 heavy (non-hydrogen) atoms. The van der Waals surface area contributed by atoms with Crippen LogP contribution in [0, 0.1) is 6.92 Å². The third kappa shape index (κ3) is 3.53. The molecular formula is C10H15NO3S. The largest absolute Gasteiger partial charge is 0.459 e. The lowest BCUT2D eigenvalue weighted by atomic mass is 10.4. The molecule has 1 rings (SSSR count). The van der Waals surface area contributed by atoms with E-state index in [2.05, 4.69) is 0 Å². The lowest BCUT2D eigenvalue weighted by Gasteiger charge is -2.02. The van der Waals surface area contributed by atoms with Crippen molar-refractivity contribution >= 4 is 23.0 Å². The van der Waals surface area contributed by atoms with Gasteiger partial charge < -0.3 is 15.2 Å². The summed E-state index contributed by atoms with van der Waals surface area (Å²) in [7, 11) is 0. The highest BCUT2D eigenvalue weighted by molar-refractivity contribution is 7.14. The van der Waals surface area contributed by atoms with Crippen molar-refractivity contribution in [3.05, 3.63) is 15.8 Å². The van der Waals surface area contributed by atoms with Crippen LogP contribution >= 0.6 is 11.3 Å². The third-order valence-corrected chi connectivity index (χ3v) is 2.87. The van der Waals surface area contributed by atoms with E-state index in [1.54, 1.807) is 6.07 Å². The number of carbonyl (C=O) groups excluding carboxylic acids is 1. The molecule has 0 unspecified atom stereocenters. The van der Waals surface area contributed by atoms with E-state index in [9.17, 15) is 4.79 Å². The summed E-state index contributed by atoms with van der Waals surface area (Å²) in [5.41, 5.74) is 6.27. The van der Waals surface area contributed by atoms with E-state index in [0.29, 0.717) is 23.8 Å². The number of hydrogen-bond donors (Lipinski definition) is 1. The SMILES string of the molecule is CCOCCOC(=O)c1cc(N)c(C)s1. The Balaban J connectivity index is 2.40. The fraction of sp³-hybridized carbons (Fsp3) is 0.500. The van der Waals surface area contributed by atoms with Gasteiger partial charge in [-0.1, -0.05) is 0 Å². The van der Waals surface area contributed by atoms with Gasteiger partial charge in [0.1, 0.15) is 11.5 Å². The number of carbonyl (C=O) groups is 1. The molecule has 0 aliphatic heterocycles. The number of esters is 1. The van der Waals surface area contributed by atoms with E-state index >= 15 is 0 Å². The molecule has 0 aliphatic rings. The molecule has 2 N–H and O–H groups in total. The molecule has 84 valence electrons. The van der Waals surface area contributed by atoms with Crippen LogP contribution in [0.1, 0.15) is 21.5 Å². The molecule has 0 fully saturated rings. The Morgan fingerprint density at radius 3 is 2.80 bits per heavy atom. The normalized spacial score (nSPS) is 10.3. The van der Waals surface area contributed by atoms with Crippen LogP contribution < -0.4 is 5.73 Å². The average molecular weight is 229 g/mol. The van der Waals surface area contributed by atoms with Crippen LogP contribution in [-0.2, 0) is 9.47 Å². The van der Waals surface area contributed by atoms with E-state index in [1.165, 1.54) is 11.3 Å². The first kappa shape index (κ1) is 12.0. The van der Waals surface area contributed by atoms with Crippen molar-refractivity contribution in [1.29, 1.82) is 0 Å². The lowest BCUT2D eigenvalue weighted by molar-refractivity contribution is 0.0340. The Kier molecular flexibility index (Phi) is 4.58. The number of rotatable bonds is 5. The quantitative estimate of drug-likeness (QED) is 0.618. The van der Waals surface area contributed by atoms with Gasteiger partial charge in [-0.25, -0.2) is 4.79 Å². The second-order valence-electron chi connectivity index (χ2n) is 2.96. The zero-order chi connectivity index (χ0) is 11.3. The Morgan fingerprint density at radius 1 is 1.53 bits per heavy atom. The standard InChI is InChI=1S/C10H15NO3S/c1-3-13-4-5-14-10(12)9-6-8(11)7(2)15-9/h6H,3-5,11H2,1-2H3. The van der Waals surface area contributed by atoms with Crippen LogP contribution in [-0.4, -0.2) is 25.8 Å². The van der Waals surface area contributed by atoms with Crippen LogP contribution in [0.15, 0.2) is 6.07 Å². The van der Waals surface area contributed by atoms with Gasteiger partial charge in [-0.05, 0) is 19.9 Å². The first-order valence-electron chi connectivity index (χ1n) is 4.76. The second-order valence-corrected chi connectivity index (χ2v) is 4.21. The molecule has 0 aromatic carbocycles. The summed E-state index contributed by atoms with van der Waals surface area (Å²) in [6.07, 6.45) is 0. The van der Waals surface area contributed by atoms with Crippen molar-refractivity contribution in [1.82, 2.24) is 0 Å². The van der Waals surface area contributed by atoms with Gasteiger partial charge in [0.2, 0.25) is 0 Å². The van der Waals surface area contributed by atoms with Gasteiger partial charge >= 0.3 is 5.97 Å². The lowest BCUT2D eigenvalue weighted by Crippen LogP contribution is -2.09. The highest BCUT2D eigenvalue weighted by atomic mass is 32.1. The second kappa shape index (κ2) is 5.72. The summed E-state index contributed by atoms with van der Waals surface area (Å²) in [4.78, 5) is 12.9. The minimum Gasteiger partial charge on any atom is -0.459 e. The van der Waals surface area contributed by atoms with Crippen molar-refractivity contribution in [2.45, 2.75) is 13.8 Å². The molecule has 0 aliphatic carbocycles. The van der Waals surface area contributed by atoms with Gasteiger partial charge in [0.25, 0.3) is 0 Å². The van der Waals surface area contributed by atoms with Crippen LogP contribution in [0.3, 0.4) is 0 Å². The van der Waals surface area contributed by atoms with E-state index < -0.39 is 0 Å². The van der Waals surface area contributed by atoms with Crippen molar-refractivity contribution in [2.24, 2.45) is 0 Å². The molecule has 0 atom stereocenters. The zero-order valence-electron chi connectivity index (χ0n) is 8.91.